The molecule has 0 bridgehead atoms. The number of halogens is 5. The van der Waals surface area contributed by atoms with E-state index in [2.05, 4.69) is 25.5 Å². The third kappa shape index (κ3) is 9.79. The zero-order valence-electron chi connectivity index (χ0n) is 41.3. The van der Waals surface area contributed by atoms with Crippen LogP contribution in [0.5, 0.6) is 23.0 Å². The maximum absolute atomic E-state index is 15.3. The van der Waals surface area contributed by atoms with Gasteiger partial charge in [0.2, 0.25) is 0 Å². The van der Waals surface area contributed by atoms with E-state index in [9.17, 15) is 62.6 Å². The van der Waals surface area contributed by atoms with Gasteiger partial charge in [0.05, 0.1) is 66.0 Å². The zero-order chi connectivity index (χ0) is 54.4. The van der Waals surface area contributed by atoms with Crippen molar-refractivity contribution >= 4 is 39.3 Å². The highest BCUT2D eigenvalue weighted by molar-refractivity contribution is 5.97. The number of carbonyl (C=O) groups is 3. The molecule has 398 valence electrons. The Bertz CT molecular complexity index is 3300. The highest BCUT2D eigenvalue weighted by Gasteiger charge is 2.54. The standard InChI is InChI=1S/C28H29F2NO6.C27H26F3NO7/c1-16(33)26(2,3)24-12-18-10-17(4-6-21(18)31(24)14-20(34)15-32)11-25(35)27(8-9-27)19-5-7-22-23(13-19)37-28(29,30)36-22;1-25(2,24(35)36)22-8-15-7-14(18(28)11-19(15)31(22)12-17(33)13-32)9-23(34)26(5-6-26)16-3-4-20-21(10-16)38-27(29,30)37-20/h4-7,10,12-13,20,32-34H,1,8-9,11,14-15H2,2-3H3;3-4,7-8,10-11,17,32-33H,5-6,9,12-13H2,1-2H3,(H,35,36). The summed E-state index contributed by atoms with van der Waals surface area (Å²) in [6, 6.07) is 20.4. The van der Waals surface area contributed by atoms with Crippen LogP contribution in [-0.4, -0.2) is 95.3 Å². The molecule has 10 rings (SSSR count). The number of carbonyl (C=O) groups excluding carboxylic acids is 2. The lowest BCUT2D eigenvalue weighted by molar-refractivity contribution is -0.287. The molecule has 0 saturated heterocycles. The molecule has 2 saturated carbocycles. The van der Waals surface area contributed by atoms with Crippen molar-refractivity contribution in [2.24, 2.45) is 0 Å². The molecule has 0 radical (unpaired) electrons. The summed E-state index contributed by atoms with van der Waals surface area (Å²) in [5, 5.41) is 60.1. The largest absolute Gasteiger partial charge is 0.586 e. The van der Waals surface area contributed by atoms with E-state index >= 15 is 4.39 Å². The number of carboxylic acids is 1. The zero-order valence-corrected chi connectivity index (χ0v) is 41.3. The molecule has 6 aromatic rings. The first kappa shape index (κ1) is 52.8. The van der Waals surface area contributed by atoms with Gasteiger partial charge >= 0.3 is 18.6 Å². The SMILES string of the molecule is C=C(O)C(C)(C)c1cc2cc(CC(=O)C3(c4ccc5c(c4)OC(F)(F)O5)CC3)ccc2n1CC(O)CO.CC(C)(C(=O)O)c1cc2cc(CC(=O)C3(c4ccc5c(c4)OC(F)(F)O5)CC3)c(F)cc2n1CC(O)CO. The Kier molecular flexibility index (Phi) is 13.2. The fraction of sp³-hybridized carbons (Fsp3) is 0.400. The van der Waals surface area contributed by atoms with Gasteiger partial charge in [-0.3, -0.25) is 14.4 Å². The van der Waals surface area contributed by atoms with Crippen molar-refractivity contribution in [2.45, 2.75) is 126 Å². The van der Waals surface area contributed by atoms with E-state index in [1.54, 1.807) is 12.1 Å². The Morgan fingerprint density at radius 3 is 1.53 bits per heavy atom. The second-order valence-corrected chi connectivity index (χ2v) is 20.9. The molecule has 2 aliphatic heterocycles. The Morgan fingerprint density at radius 1 is 0.613 bits per heavy atom. The minimum atomic E-state index is -3.78. The van der Waals surface area contributed by atoms with E-state index in [0.717, 1.165) is 16.5 Å². The summed E-state index contributed by atoms with van der Waals surface area (Å²) in [5.41, 5.74) is 0.186. The van der Waals surface area contributed by atoms with Gasteiger partial charge in [0.1, 0.15) is 22.8 Å². The number of aliphatic hydroxyl groups is 5. The Labute approximate surface area is 425 Å². The number of ether oxygens (including phenoxy) is 4. The molecule has 2 aliphatic carbocycles. The van der Waals surface area contributed by atoms with Crippen LogP contribution in [0.2, 0.25) is 0 Å². The normalized spacial score (nSPS) is 18.0. The van der Waals surface area contributed by atoms with Crippen molar-refractivity contribution in [3.8, 4) is 23.0 Å². The summed E-state index contributed by atoms with van der Waals surface area (Å²) in [6.45, 7) is 9.26. The average Bonchev–Trinajstić information content (AvgIpc) is 4.21. The van der Waals surface area contributed by atoms with Gasteiger partial charge in [0, 0.05) is 40.5 Å². The summed E-state index contributed by atoms with van der Waals surface area (Å²) in [7, 11) is 0. The number of aliphatic hydroxyl groups excluding tert-OH is 5. The number of ketones is 2. The number of hydrogen-bond donors (Lipinski definition) is 6. The lowest BCUT2D eigenvalue weighted by Gasteiger charge is -2.26. The summed E-state index contributed by atoms with van der Waals surface area (Å²) in [5.74, 6) is -2.59. The smallest absolute Gasteiger partial charge is 0.512 e. The molecule has 0 spiro atoms. The fourth-order valence-corrected chi connectivity index (χ4v) is 10.0. The second-order valence-electron chi connectivity index (χ2n) is 20.9. The molecule has 2 aromatic heterocycles. The molecule has 0 amide bonds. The summed E-state index contributed by atoms with van der Waals surface area (Å²) in [4.78, 5) is 38.8. The molecule has 20 heteroatoms. The Morgan fingerprint density at radius 2 is 1.07 bits per heavy atom. The van der Waals surface area contributed by atoms with E-state index in [-0.39, 0.29) is 71.8 Å². The van der Waals surface area contributed by atoms with Crippen LogP contribution in [-0.2, 0) is 62.0 Å². The van der Waals surface area contributed by atoms with E-state index in [1.165, 1.54) is 60.9 Å². The van der Waals surface area contributed by atoms with Crippen molar-refractivity contribution in [3.63, 3.8) is 0 Å². The summed E-state index contributed by atoms with van der Waals surface area (Å²) >= 11 is 0. The van der Waals surface area contributed by atoms with Gasteiger partial charge in [0.15, 0.2) is 23.0 Å². The first-order valence-corrected chi connectivity index (χ1v) is 24.2. The molecule has 4 aromatic carbocycles. The van der Waals surface area contributed by atoms with Crippen LogP contribution >= 0.6 is 0 Å². The number of aliphatic carboxylic acids is 1. The van der Waals surface area contributed by atoms with Crippen LogP contribution < -0.4 is 18.9 Å². The number of allylic oxidation sites excluding steroid dienone is 1. The third-order valence-electron chi connectivity index (χ3n) is 15.0. The van der Waals surface area contributed by atoms with Gasteiger partial charge in [-0.1, -0.05) is 24.8 Å². The van der Waals surface area contributed by atoms with Crippen LogP contribution in [0.4, 0.5) is 22.0 Å². The van der Waals surface area contributed by atoms with E-state index in [4.69, 9.17) is 0 Å². The lowest BCUT2D eigenvalue weighted by Crippen LogP contribution is -2.33. The topological polar surface area (TPSA) is 219 Å². The predicted octanol–water partition coefficient (Wildman–Crippen LogP) is 8.17. The number of rotatable bonds is 18. The minimum absolute atomic E-state index is 0.0168. The van der Waals surface area contributed by atoms with Gasteiger partial charge < -0.3 is 58.7 Å². The maximum Gasteiger partial charge on any atom is 0.586 e. The van der Waals surface area contributed by atoms with Crippen molar-refractivity contribution in [1.82, 2.24) is 9.13 Å². The minimum Gasteiger partial charge on any atom is -0.512 e. The number of benzene rings is 4. The van der Waals surface area contributed by atoms with Crippen molar-refractivity contribution < 1.29 is 85.9 Å². The number of hydrogen-bond acceptors (Lipinski definition) is 12. The molecular weight excluding hydrogens is 992 g/mol. The number of aromatic nitrogens is 2. The van der Waals surface area contributed by atoms with E-state index in [1.807, 2.05) is 42.7 Å². The quantitative estimate of drug-likeness (QED) is 0.0354. The number of fused-ring (bicyclic) bond motifs is 4. The number of carboxylic acid groups (broad SMARTS) is 1. The molecule has 15 nitrogen and oxygen atoms in total. The molecule has 4 heterocycles. The monoisotopic (exact) mass is 1050 g/mol. The van der Waals surface area contributed by atoms with Crippen LogP contribution in [0.25, 0.3) is 21.8 Å². The maximum atomic E-state index is 15.3. The van der Waals surface area contributed by atoms with E-state index in [0.29, 0.717) is 59.1 Å². The van der Waals surface area contributed by atoms with Crippen LogP contribution in [0.3, 0.4) is 0 Å². The summed E-state index contributed by atoms with van der Waals surface area (Å²) in [6.07, 6.45) is -7.62. The molecule has 2 fully saturated rings. The third-order valence-corrected chi connectivity index (χ3v) is 15.0. The van der Waals surface area contributed by atoms with Crippen molar-refractivity contribution in [3.05, 3.63) is 131 Å². The molecular formula is C55H55F5N2O13. The lowest BCUT2D eigenvalue weighted by atomic mass is 9.87. The van der Waals surface area contributed by atoms with Gasteiger partial charge in [-0.15, -0.1) is 17.6 Å². The van der Waals surface area contributed by atoms with Gasteiger partial charge in [-0.2, -0.15) is 0 Å². The van der Waals surface area contributed by atoms with Gasteiger partial charge in [0.25, 0.3) is 0 Å². The second kappa shape index (κ2) is 18.7. The van der Waals surface area contributed by atoms with Crippen LogP contribution in [0.1, 0.15) is 87.0 Å². The first-order valence-electron chi connectivity index (χ1n) is 24.2. The predicted molar refractivity (Wildman–Crippen MR) is 260 cm³/mol. The number of alkyl halides is 4. The molecule has 2 atom stereocenters. The summed E-state index contributed by atoms with van der Waals surface area (Å²) < 4.78 is 90.3. The van der Waals surface area contributed by atoms with Crippen molar-refractivity contribution in [1.29, 1.82) is 0 Å². The average molecular weight is 1050 g/mol. The first-order chi connectivity index (χ1) is 35.1. The number of Topliss-reactive ketones (excluding diaryl/α,β-unsaturated/α-hetero) is 2. The Hall–Kier alpha value is -7.00. The van der Waals surface area contributed by atoms with Crippen molar-refractivity contribution in [2.75, 3.05) is 13.2 Å². The van der Waals surface area contributed by atoms with Crippen LogP contribution in [0.15, 0.2) is 91.2 Å². The molecule has 2 unspecified atom stereocenters. The van der Waals surface area contributed by atoms with Gasteiger partial charge in [-0.25, -0.2) is 4.39 Å². The fourth-order valence-electron chi connectivity index (χ4n) is 10.0. The highest BCUT2D eigenvalue weighted by Crippen LogP contribution is 2.54. The van der Waals surface area contributed by atoms with Gasteiger partial charge in [-0.05, 0) is 136 Å². The molecule has 75 heavy (non-hydrogen) atoms. The molecule has 4 aliphatic rings. The van der Waals surface area contributed by atoms with E-state index < -0.39 is 71.5 Å². The highest BCUT2D eigenvalue weighted by atomic mass is 19.3. The Balaban J connectivity index is 0.000000184. The van der Waals surface area contributed by atoms with Crippen LogP contribution in [0, 0.1) is 5.82 Å². The molecule has 6 N–H and O–H groups in total. The number of nitrogens with zero attached hydrogens (tertiary/aromatic N) is 2.